The summed E-state index contributed by atoms with van der Waals surface area (Å²) in [5.41, 5.74) is 5.17. The molecule has 2 aromatic carbocycles. The molecular formula is C15H16BrN. The topological polar surface area (TPSA) is 12.0 Å². The number of benzene rings is 2. The van der Waals surface area contributed by atoms with E-state index in [1.807, 2.05) is 13.1 Å². The van der Waals surface area contributed by atoms with Gasteiger partial charge in [-0.15, -0.1) is 0 Å². The fourth-order valence-corrected chi connectivity index (χ4v) is 2.52. The zero-order chi connectivity index (χ0) is 12.3. The smallest absolute Gasteiger partial charge is 0.0253 e. The fourth-order valence-electron chi connectivity index (χ4n) is 2.02. The maximum absolute atomic E-state index is 3.60. The Kier molecular flexibility index (Phi) is 3.97. The van der Waals surface area contributed by atoms with Crippen LogP contribution >= 0.6 is 15.9 Å². The summed E-state index contributed by atoms with van der Waals surface area (Å²) in [5.74, 6) is 0. The third-order valence-electron chi connectivity index (χ3n) is 2.84. The Labute approximate surface area is 111 Å². The lowest BCUT2D eigenvalue weighted by atomic mass is 9.98. The number of hydrogen-bond acceptors (Lipinski definition) is 1. The molecule has 0 bridgehead atoms. The Bertz CT molecular complexity index is 520. The maximum atomic E-state index is 3.60. The Morgan fingerprint density at radius 1 is 1.06 bits per heavy atom. The molecule has 88 valence electrons. The zero-order valence-electron chi connectivity index (χ0n) is 10.1. The minimum absolute atomic E-state index is 0.914. The van der Waals surface area contributed by atoms with Crippen molar-refractivity contribution in [2.45, 2.75) is 13.5 Å². The summed E-state index contributed by atoms with van der Waals surface area (Å²) >= 11 is 3.60. The summed E-state index contributed by atoms with van der Waals surface area (Å²) in [6.07, 6.45) is 0. The molecule has 0 spiro atoms. The molecule has 0 aromatic heterocycles. The molecule has 1 N–H and O–H groups in total. The molecule has 0 fully saturated rings. The van der Waals surface area contributed by atoms with E-state index >= 15 is 0 Å². The van der Waals surface area contributed by atoms with Crippen molar-refractivity contribution in [2.24, 2.45) is 0 Å². The summed E-state index contributed by atoms with van der Waals surface area (Å²) in [6, 6.07) is 14.9. The molecule has 0 aliphatic rings. The summed E-state index contributed by atoms with van der Waals surface area (Å²) in [7, 11) is 1.97. The van der Waals surface area contributed by atoms with E-state index in [0.717, 1.165) is 11.0 Å². The molecule has 0 aliphatic heterocycles. The lowest BCUT2D eigenvalue weighted by Gasteiger charge is -2.10. The Morgan fingerprint density at radius 3 is 2.47 bits per heavy atom. The van der Waals surface area contributed by atoms with Crippen molar-refractivity contribution in [2.75, 3.05) is 7.05 Å². The first-order chi connectivity index (χ1) is 8.22. The molecule has 0 unspecified atom stereocenters. The summed E-state index contributed by atoms with van der Waals surface area (Å²) in [4.78, 5) is 0. The van der Waals surface area contributed by atoms with E-state index < -0.39 is 0 Å². The monoisotopic (exact) mass is 289 g/mol. The van der Waals surface area contributed by atoms with E-state index in [0.29, 0.717) is 0 Å². The van der Waals surface area contributed by atoms with Crippen LogP contribution in [-0.2, 0) is 6.54 Å². The number of halogens is 1. The highest BCUT2D eigenvalue weighted by Gasteiger charge is 2.05. The van der Waals surface area contributed by atoms with Crippen LogP contribution in [0, 0.1) is 6.92 Å². The van der Waals surface area contributed by atoms with Gasteiger partial charge in [0.2, 0.25) is 0 Å². The molecule has 0 saturated heterocycles. The normalized spacial score (nSPS) is 10.5. The second-order valence-electron chi connectivity index (χ2n) is 4.16. The van der Waals surface area contributed by atoms with Gasteiger partial charge in [-0.2, -0.15) is 0 Å². The minimum Gasteiger partial charge on any atom is -0.316 e. The molecule has 0 heterocycles. The minimum atomic E-state index is 0.914. The van der Waals surface area contributed by atoms with Crippen molar-refractivity contribution in [1.82, 2.24) is 5.32 Å². The van der Waals surface area contributed by atoms with Gasteiger partial charge in [-0.25, -0.2) is 0 Å². The molecule has 0 aliphatic carbocycles. The molecule has 0 radical (unpaired) electrons. The van der Waals surface area contributed by atoms with Gasteiger partial charge in [0.05, 0.1) is 0 Å². The number of aryl methyl sites for hydroxylation is 1. The van der Waals surface area contributed by atoms with E-state index in [4.69, 9.17) is 0 Å². The van der Waals surface area contributed by atoms with Gasteiger partial charge >= 0.3 is 0 Å². The van der Waals surface area contributed by atoms with Crippen molar-refractivity contribution in [3.63, 3.8) is 0 Å². The van der Waals surface area contributed by atoms with E-state index in [-0.39, 0.29) is 0 Å². The lowest BCUT2D eigenvalue weighted by Crippen LogP contribution is -2.05. The standard InChI is InChI=1S/C15H16BrN/c1-11-9-12(10-17-2)7-8-13(11)14-5-3-4-6-15(14)16/h3-9,17H,10H2,1-2H3. The molecule has 0 saturated carbocycles. The predicted octanol–water partition coefficient (Wildman–Crippen LogP) is 4.14. The second-order valence-corrected chi connectivity index (χ2v) is 5.01. The van der Waals surface area contributed by atoms with E-state index in [9.17, 15) is 0 Å². The van der Waals surface area contributed by atoms with Gasteiger partial charge in [0.25, 0.3) is 0 Å². The van der Waals surface area contributed by atoms with Gasteiger partial charge in [-0.1, -0.05) is 52.3 Å². The second kappa shape index (κ2) is 5.48. The van der Waals surface area contributed by atoms with Crippen LogP contribution in [0.4, 0.5) is 0 Å². The van der Waals surface area contributed by atoms with Crippen molar-refractivity contribution in [3.8, 4) is 11.1 Å². The Hall–Kier alpha value is -1.12. The molecule has 0 atom stereocenters. The molecular weight excluding hydrogens is 274 g/mol. The highest BCUT2D eigenvalue weighted by Crippen LogP contribution is 2.30. The lowest BCUT2D eigenvalue weighted by molar-refractivity contribution is 0.817. The SMILES string of the molecule is CNCc1ccc(-c2ccccc2Br)c(C)c1. The average molecular weight is 290 g/mol. The molecule has 1 nitrogen and oxygen atoms in total. The predicted molar refractivity (Wildman–Crippen MR) is 77.1 cm³/mol. The van der Waals surface area contributed by atoms with Crippen LogP contribution in [0.1, 0.15) is 11.1 Å². The van der Waals surface area contributed by atoms with Crippen molar-refractivity contribution in [3.05, 3.63) is 58.1 Å². The van der Waals surface area contributed by atoms with Gasteiger partial charge in [0.15, 0.2) is 0 Å². The van der Waals surface area contributed by atoms with E-state index in [2.05, 4.69) is 64.6 Å². The van der Waals surface area contributed by atoms with E-state index in [1.54, 1.807) is 0 Å². The van der Waals surface area contributed by atoms with Crippen molar-refractivity contribution in [1.29, 1.82) is 0 Å². The number of rotatable bonds is 3. The highest BCUT2D eigenvalue weighted by atomic mass is 79.9. The number of nitrogens with one attached hydrogen (secondary N) is 1. The van der Waals surface area contributed by atoms with Crippen LogP contribution < -0.4 is 5.32 Å². The third kappa shape index (κ3) is 2.76. The zero-order valence-corrected chi connectivity index (χ0v) is 11.7. The summed E-state index contributed by atoms with van der Waals surface area (Å²) in [6.45, 7) is 3.07. The van der Waals surface area contributed by atoms with Crippen molar-refractivity contribution >= 4 is 15.9 Å². The van der Waals surface area contributed by atoms with Crippen LogP contribution in [0.5, 0.6) is 0 Å². The van der Waals surface area contributed by atoms with Crippen LogP contribution in [0.3, 0.4) is 0 Å². The Balaban J connectivity index is 2.44. The van der Waals surface area contributed by atoms with Gasteiger partial charge in [-0.3, -0.25) is 0 Å². The molecule has 2 rings (SSSR count). The summed E-state index contributed by atoms with van der Waals surface area (Å²) < 4.78 is 1.14. The van der Waals surface area contributed by atoms with Gasteiger partial charge in [0, 0.05) is 11.0 Å². The van der Waals surface area contributed by atoms with Gasteiger partial charge in [0.1, 0.15) is 0 Å². The highest BCUT2D eigenvalue weighted by molar-refractivity contribution is 9.10. The quantitative estimate of drug-likeness (QED) is 0.895. The molecule has 2 heteroatoms. The first-order valence-electron chi connectivity index (χ1n) is 5.71. The Morgan fingerprint density at radius 2 is 1.82 bits per heavy atom. The molecule has 17 heavy (non-hydrogen) atoms. The van der Waals surface area contributed by atoms with Crippen LogP contribution in [0.15, 0.2) is 46.9 Å². The molecule has 2 aromatic rings. The van der Waals surface area contributed by atoms with Crippen LogP contribution in [0.2, 0.25) is 0 Å². The largest absolute Gasteiger partial charge is 0.316 e. The first kappa shape index (κ1) is 12.3. The van der Waals surface area contributed by atoms with Crippen molar-refractivity contribution < 1.29 is 0 Å². The maximum Gasteiger partial charge on any atom is 0.0253 e. The van der Waals surface area contributed by atoms with Gasteiger partial charge < -0.3 is 5.32 Å². The first-order valence-corrected chi connectivity index (χ1v) is 6.50. The van der Waals surface area contributed by atoms with E-state index in [1.165, 1.54) is 22.3 Å². The fraction of sp³-hybridized carbons (Fsp3) is 0.200. The molecule has 0 amide bonds. The average Bonchev–Trinajstić information content (AvgIpc) is 2.31. The summed E-state index contributed by atoms with van der Waals surface area (Å²) in [5, 5.41) is 3.17. The number of hydrogen-bond donors (Lipinski definition) is 1. The third-order valence-corrected chi connectivity index (χ3v) is 3.53. The van der Waals surface area contributed by atoms with Crippen LogP contribution in [0.25, 0.3) is 11.1 Å². The van der Waals surface area contributed by atoms with Crippen LogP contribution in [-0.4, -0.2) is 7.05 Å². The van der Waals surface area contributed by atoms with Gasteiger partial charge in [-0.05, 0) is 42.3 Å².